The minimum absolute atomic E-state index is 0.0758. The van der Waals surface area contributed by atoms with Gasteiger partial charge in [0.25, 0.3) is 5.92 Å². The Kier molecular flexibility index (Phi) is 2.37. The molecular formula is C13H17F2N3. The molecule has 1 spiro atoms. The van der Waals surface area contributed by atoms with Crippen LogP contribution in [0, 0.1) is 19.3 Å². The molecule has 1 saturated carbocycles. The average Bonchev–Trinajstić information content (AvgIpc) is 2.85. The molecule has 1 aliphatic heterocycles. The number of halogens is 2. The monoisotopic (exact) mass is 253 g/mol. The van der Waals surface area contributed by atoms with Crippen LogP contribution in [0.2, 0.25) is 0 Å². The van der Waals surface area contributed by atoms with E-state index < -0.39 is 11.3 Å². The normalized spacial score (nSPS) is 24.3. The Morgan fingerprint density at radius 3 is 2.28 bits per heavy atom. The van der Waals surface area contributed by atoms with Crippen LogP contribution in [0.3, 0.4) is 0 Å². The quantitative estimate of drug-likeness (QED) is 0.770. The largest absolute Gasteiger partial charge is 0.355 e. The summed E-state index contributed by atoms with van der Waals surface area (Å²) in [6, 6.07) is 1.99. The lowest BCUT2D eigenvalue weighted by molar-refractivity contribution is 0.0536. The first-order valence-corrected chi connectivity index (χ1v) is 6.37. The molecule has 0 radical (unpaired) electrons. The van der Waals surface area contributed by atoms with E-state index in [0.29, 0.717) is 25.9 Å². The van der Waals surface area contributed by atoms with E-state index in [1.165, 1.54) is 0 Å². The van der Waals surface area contributed by atoms with Gasteiger partial charge in [0.05, 0.1) is 5.69 Å². The van der Waals surface area contributed by atoms with Gasteiger partial charge in [-0.05, 0) is 38.3 Å². The number of hydrogen-bond acceptors (Lipinski definition) is 3. The molecule has 1 aromatic rings. The third-order valence-corrected chi connectivity index (χ3v) is 4.47. The highest BCUT2D eigenvalue weighted by atomic mass is 19.3. The molecule has 0 unspecified atom stereocenters. The third kappa shape index (κ3) is 1.68. The Balaban J connectivity index is 1.71. The molecular weight excluding hydrogens is 236 g/mol. The van der Waals surface area contributed by atoms with E-state index >= 15 is 0 Å². The van der Waals surface area contributed by atoms with Gasteiger partial charge in [-0.1, -0.05) is 0 Å². The van der Waals surface area contributed by atoms with Crippen LogP contribution in [-0.4, -0.2) is 29.2 Å². The van der Waals surface area contributed by atoms with Crippen molar-refractivity contribution in [3.05, 3.63) is 17.3 Å². The van der Waals surface area contributed by atoms with Crippen LogP contribution in [0.5, 0.6) is 0 Å². The lowest BCUT2D eigenvalue weighted by Crippen LogP contribution is -2.37. The summed E-state index contributed by atoms with van der Waals surface area (Å²) in [5.41, 5.74) is 1.31. The number of piperidine rings is 1. The molecule has 98 valence electrons. The van der Waals surface area contributed by atoms with Gasteiger partial charge in [-0.3, -0.25) is 0 Å². The van der Waals surface area contributed by atoms with Crippen molar-refractivity contribution >= 4 is 5.82 Å². The average molecular weight is 253 g/mol. The molecule has 5 heteroatoms. The van der Waals surface area contributed by atoms with E-state index in [-0.39, 0.29) is 6.42 Å². The maximum atomic E-state index is 13.3. The molecule has 0 amide bonds. The van der Waals surface area contributed by atoms with Crippen LogP contribution in [0.25, 0.3) is 0 Å². The molecule has 3 nitrogen and oxygen atoms in total. The van der Waals surface area contributed by atoms with Crippen LogP contribution in [0.15, 0.2) is 6.07 Å². The molecule has 2 aliphatic rings. The number of rotatable bonds is 1. The van der Waals surface area contributed by atoms with Crippen molar-refractivity contribution in [1.29, 1.82) is 0 Å². The fourth-order valence-corrected chi connectivity index (χ4v) is 2.77. The second-order valence-electron chi connectivity index (χ2n) is 5.62. The van der Waals surface area contributed by atoms with Crippen molar-refractivity contribution in [2.24, 2.45) is 5.41 Å². The predicted molar refractivity (Wildman–Crippen MR) is 65.0 cm³/mol. The van der Waals surface area contributed by atoms with Gasteiger partial charge in [-0.2, -0.15) is 5.10 Å². The Hall–Kier alpha value is -1.26. The Labute approximate surface area is 105 Å². The SMILES string of the molecule is Cc1cc(N2CCC3(CC2)CC3(F)F)nnc1C. The minimum atomic E-state index is -2.42. The second kappa shape index (κ2) is 3.62. The lowest BCUT2D eigenvalue weighted by Gasteiger charge is -2.32. The van der Waals surface area contributed by atoms with Crippen molar-refractivity contribution in [1.82, 2.24) is 10.2 Å². The Morgan fingerprint density at radius 1 is 1.17 bits per heavy atom. The maximum absolute atomic E-state index is 13.3. The summed E-state index contributed by atoms with van der Waals surface area (Å²) in [5.74, 6) is -1.61. The first-order valence-electron chi connectivity index (χ1n) is 6.37. The first kappa shape index (κ1) is 11.8. The topological polar surface area (TPSA) is 29.0 Å². The number of aryl methyl sites for hydroxylation is 2. The zero-order valence-electron chi connectivity index (χ0n) is 10.7. The Morgan fingerprint density at radius 2 is 1.78 bits per heavy atom. The summed E-state index contributed by atoms with van der Waals surface area (Å²) in [7, 11) is 0. The zero-order valence-corrected chi connectivity index (χ0v) is 10.7. The van der Waals surface area contributed by atoms with Gasteiger partial charge in [-0.25, -0.2) is 8.78 Å². The lowest BCUT2D eigenvalue weighted by atomic mass is 9.93. The summed E-state index contributed by atoms with van der Waals surface area (Å²) in [6.07, 6.45) is 1.20. The van der Waals surface area contributed by atoms with E-state index in [4.69, 9.17) is 0 Å². The van der Waals surface area contributed by atoms with Crippen LogP contribution in [0.1, 0.15) is 30.5 Å². The number of hydrogen-bond donors (Lipinski definition) is 0. The van der Waals surface area contributed by atoms with E-state index in [1.54, 1.807) is 0 Å². The van der Waals surface area contributed by atoms with Gasteiger partial charge in [0, 0.05) is 24.9 Å². The molecule has 3 rings (SSSR count). The first-order chi connectivity index (χ1) is 8.44. The number of alkyl halides is 2. The third-order valence-electron chi connectivity index (χ3n) is 4.47. The molecule has 1 aromatic heterocycles. The molecule has 0 atom stereocenters. The fraction of sp³-hybridized carbons (Fsp3) is 0.692. The summed E-state index contributed by atoms with van der Waals surface area (Å²) in [5, 5.41) is 8.25. The number of aromatic nitrogens is 2. The molecule has 0 bridgehead atoms. The van der Waals surface area contributed by atoms with Crippen LogP contribution < -0.4 is 4.90 Å². The second-order valence-corrected chi connectivity index (χ2v) is 5.62. The molecule has 0 aromatic carbocycles. The minimum Gasteiger partial charge on any atom is -0.355 e. The number of nitrogens with zero attached hydrogens (tertiary/aromatic N) is 3. The van der Waals surface area contributed by atoms with Crippen molar-refractivity contribution in [3.63, 3.8) is 0 Å². The van der Waals surface area contributed by atoms with Crippen molar-refractivity contribution < 1.29 is 8.78 Å². The summed E-state index contributed by atoms with van der Waals surface area (Å²) in [4.78, 5) is 2.07. The van der Waals surface area contributed by atoms with Crippen molar-refractivity contribution in [2.75, 3.05) is 18.0 Å². The summed E-state index contributed by atoms with van der Waals surface area (Å²) >= 11 is 0. The highest BCUT2D eigenvalue weighted by Gasteiger charge is 2.70. The summed E-state index contributed by atoms with van der Waals surface area (Å²) < 4.78 is 26.5. The van der Waals surface area contributed by atoms with Gasteiger partial charge in [0.15, 0.2) is 5.82 Å². The van der Waals surface area contributed by atoms with E-state index in [1.807, 2.05) is 19.9 Å². The van der Waals surface area contributed by atoms with Crippen molar-refractivity contribution in [3.8, 4) is 0 Å². The highest BCUT2D eigenvalue weighted by Crippen LogP contribution is 2.65. The molecule has 1 saturated heterocycles. The Bertz CT molecular complexity index is 479. The molecule has 2 fully saturated rings. The summed E-state index contributed by atoms with van der Waals surface area (Å²) in [6.45, 7) is 5.23. The standard InChI is InChI=1S/C13H17F2N3/c1-9-7-11(17-16-10(9)2)18-5-3-12(4-6-18)8-13(12,14)15/h7H,3-6,8H2,1-2H3. The van der Waals surface area contributed by atoms with Crippen LogP contribution in [-0.2, 0) is 0 Å². The smallest absolute Gasteiger partial charge is 0.254 e. The highest BCUT2D eigenvalue weighted by molar-refractivity contribution is 5.42. The van der Waals surface area contributed by atoms with Crippen LogP contribution in [0.4, 0.5) is 14.6 Å². The molecule has 0 N–H and O–H groups in total. The molecule has 2 heterocycles. The van der Waals surface area contributed by atoms with Gasteiger partial charge >= 0.3 is 0 Å². The van der Waals surface area contributed by atoms with Crippen molar-refractivity contribution in [2.45, 2.75) is 39.0 Å². The van der Waals surface area contributed by atoms with E-state index in [0.717, 1.165) is 17.1 Å². The predicted octanol–water partition coefficient (Wildman–Crippen LogP) is 2.72. The fourth-order valence-electron chi connectivity index (χ4n) is 2.77. The number of anilines is 1. The van der Waals surface area contributed by atoms with Gasteiger partial charge in [0.2, 0.25) is 0 Å². The molecule has 18 heavy (non-hydrogen) atoms. The van der Waals surface area contributed by atoms with Crippen LogP contribution >= 0.6 is 0 Å². The zero-order chi connectivity index (χ0) is 13.0. The van der Waals surface area contributed by atoms with E-state index in [9.17, 15) is 8.78 Å². The maximum Gasteiger partial charge on any atom is 0.254 e. The van der Waals surface area contributed by atoms with Gasteiger partial charge in [-0.15, -0.1) is 5.10 Å². The van der Waals surface area contributed by atoms with Gasteiger partial charge < -0.3 is 4.90 Å². The molecule has 1 aliphatic carbocycles. The van der Waals surface area contributed by atoms with E-state index in [2.05, 4.69) is 15.1 Å². The van der Waals surface area contributed by atoms with Gasteiger partial charge in [0.1, 0.15) is 0 Å².